The summed E-state index contributed by atoms with van der Waals surface area (Å²) in [6.07, 6.45) is 8.88. The Labute approximate surface area is 529 Å². The van der Waals surface area contributed by atoms with E-state index in [1.807, 2.05) is 0 Å². The molecule has 2 aromatic heterocycles. The lowest BCUT2D eigenvalue weighted by molar-refractivity contribution is 0.794. The van der Waals surface area contributed by atoms with Crippen LogP contribution in [0, 0.1) is 0 Å². The highest BCUT2D eigenvalue weighted by Crippen LogP contribution is 2.63. The van der Waals surface area contributed by atoms with Crippen molar-refractivity contribution < 1.29 is 0 Å². The van der Waals surface area contributed by atoms with Crippen LogP contribution in [0.1, 0.15) is 44.5 Å². The van der Waals surface area contributed by atoms with E-state index in [0.29, 0.717) is 0 Å². The minimum Gasteiger partial charge on any atom is -0.309 e. The average Bonchev–Trinajstić information content (AvgIpc) is 1.52. The first-order valence-electron chi connectivity index (χ1n) is 31.5. The first-order chi connectivity index (χ1) is 45.1. The van der Waals surface area contributed by atoms with E-state index in [1.54, 1.807) is 0 Å². The van der Waals surface area contributed by atoms with E-state index >= 15 is 0 Å². The maximum Gasteiger partial charge on any atom is 0.0725 e. The predicted octanol–water partition coefficient (Wildman–Crippen LogP) is 23.2. The Bertz CT molecular complexity index is 5230. The summed E-state index contributed by atoms with van der Waals surface area (Å²) in [6, 6.07) is 121. The molecule has 2 aliphatic rings. The minimum absolute atomic E-state index is 0.481. The van der Waals surface area contributed by atoms with E-state index in [1.165, 1.54) is 144 Å². The molecule has 0 unspecified atom stereocenters. The molecule has 18 rings (SSSR count). The normalized spacial score (nSPS) is 12.8. The standard InChI is InChI=1S/C89H58N2/c1-3-15-71(16-4-1)90-85-25-13-9-21-77(85)79-55-67(49-53-87(79)90)63-39-31-59(32-40-63)27-29-61-35-43-65(44-36-61)69-47-51-75-76-52-48-70(58-84(76)89(83(75)57-69)81-23-11-7-19-73(81)74-20-8-12-24-82(74)89)66-45-37-62(38-46-66)30-28-60-33-41-64(42-34-60)68-50-54-88-80(56-68)78-22-10-14-26-86(78)91(88)72-17-5-2-6-18-72/h1-58H. The number of para-hydroxylation sites is 4. The van der Waals surface area contributed by atoms with Gasteiger partial charge in [-0.05, 0) is 184 Å². The predicted molar refractivity (Wildman–Crippen MR) is 384 cm³/mol. The third kappa shape index (κ3) is 8.56. The van der Waals surface area contributed by atoms with Crippen molar-refractivity contribution in [2.75, 3.05) is 0 Å². The number of benzene rings is 14. The Balaban J connectivity index is 0.606. The molecule has 2 nitrogen and oxygen atoms in total. The molecule has 0 aliphatic heterocycles. The summed E-state index contributed by atoms with van der Waals surface area (Å²) in [5.74, 6) is 0. The highest BCUT2D eigenvalue weighted by Gasteiger charge is 2.51. The topological polar surface area (TPSA) is 9.86 Å². The summed E-state index contributed by atoms with van der Waals surface area (Å²) in [5.41, 5.74) is 31.6. The van der Waals surface area contributed by atoms with E-state index in [9.17, 15) is 0 Å². The van der Waals surface area contributed by atoms with Gasteiger partial charge in [0.25, 0.3) is 0 Å². The molecule has 16 aromatic rings. The van der Waals surface area contributed by atoms with Gasteiger partial charge in [0.05, 0.1) is 27.5 Å². The summed E-state index contributed by atoms with van der Waals surface area (Å²) in [6.45, 7) is 0. The van der Waals surface area contributed by atoms with Crippen molar-refractivity contribution in [2.24, 2.45) is 0 Å². The molecule has 2 heteroatoms. The fourth-order valence-corrected chi connectivity index (χ4v) is 15.0. The Morgan fingerprint density at radius 1 is 0.198 bits per heavy atom. The van der Waals surface area contributed by atoms with Gasteiger partial charge in [0, 0.05) is 32.9 Å². The van der Waals surface area contributed by atoms with Gasteiger partial charge in [-0.25, -0.2) is 0 Å². The van der Waals surface area contributed by atoms with Gasteiger partial charge in [-0.1, -0.05) is 279 Å². The summed E-state index contributed by atoms with van der Waals surface area (Å²) in [4.78, 5) is 0. The quantitative estimate of drug-likeness (QED) is 0.121. The largest absolute Gasteiger partial charge is 0.309 e. The number of aromatic nitrogens is 2. The maximum atomic E-state index is 2.49. The van der Waals surface area contributed by atoms with Gasteiger partial charge in [-0.3, -0.25) is 0 Å². The molecule has 0 radical (unpaired) electrons. The molecular formula is C89H58N2. The highest BCUT2D eigenvalue weighted by molar-refractivity contribution is 6.12. The van der Waals surface area contributed by atoms with Crippen molar-refractivity contribution >= 4 is 67.9 Å². The summed E-state index contributed by atoms with van der Waals surface area (Å²) >= 11 is 0. The van der Waals surface area contributed by atoms with Crippen molar-refractivity contribution in [3.05, 3.63) is 372 Å². The van der Waals surface area contributed by atoms with Crippen LogP contribution in [0.3, 0.4) is 0 Å². The van der Waals surface area contributed by atoms with Gasteiger partial charge < -0.3 is 9.13 Å². The van der Waals surface area contributed by atoms with Crippen LogP contribution in [0.2, 0.25) is 0 Å². The smallest absolute Gasteiger partial charge is 0.0725 e. The number of hydrogen-bond donors (Lipinski definition) is 0. The van der Waals surface area contributed by atoms with Gasteiger partial charge in [-0.15, -0.1) is 0 Å². The second-order valence-corrected chi connectivity index (χ2v) is 24.4. The van der Waals surface area contributed by atoms with E-state index in [2.05, 4.69) is 361 Å². The molecule has 0 amide bonds. The van der Waals surface area contributed by atoms with Crippen LogP contribution in [0.4, 0.5) is 0 Å². The maximum absolute atomic E-state index is 2.49. The molecule has 1 spiro atoms. The van der Waals surface area contributed by atoms with Crippen molar-refractivity contribution in [1.82, 2.24) is 9.13 Å². The molecule has 91 heavy (non-hydrogen) atoms. The zero-order valence-electron chi connectivity index (χ0n) is 49.9. The van der Waals surface area contributed by atoms with Crippen molar-refractivity contribution in [2.45, 2.75) is 5.41 Å². The van der Waals surface area contributed by atoms with Crippen molar-refractivity contribution in [3.63, 3.8) is 0 Å². The summed E-state index contributed by atoms with van der Waals surface area (Å²) < 4.78 is 4.74. The number of hydrogen-bond acceptors (Lipinski definition) is 0. The van der Waals surface area contributed by atoms with Crippen LogP contribution in [-0.2, 0) is 5.41 Å². The van der Waals surface area contributed by atoms with Crippen LogP contribution >= 0.6 is 0 Å². The summed E-state index contributed by atoms with van der Waals surface area (Å²) in [7, 11) is 0. The fraction of sp³-hybridized carbons (Fsp3) is 0.0112. The van der Waals surface area contributed by atoms with Crippen LogP contribution in [0.5, 0.6) is 0 Å². The zero-order valence-corrected chi connectivity index (χ0v) is 49.9. The van der Waals surface area contributed by atoms with Crippen molar-refractivity contribution in [1.29, 1.82) is 0 Å². The number of nitrogens with zero attached hydrogens (tertiary/aromatic N) is 2. The first-order valence-corrected chi connectivity index (χ1v) is 31.5. The molecule has 2 aliphatic carbocycles. The third-order valence-corrected chi connectivity index (χ3v) is 19.4. The molecule has 0 saturated heterocycles. The second-order valence-electron chi connectivity index (χ2n) is 24.4. The molecule has 0 fully saturated rings. The molecule has 2 heterocycles. The zero-order chi connectivity index (χ0) is 60.0. The lowest BCUT2D eigenvalue weighted by Gasteiger charge is -2.31. The van der Waals surface area contributed by atoms with E-state index < -0.39 is 5.41 Å². The Morgan fingerprint density at radius 3 is 0.868 bits per heavy atom. The van der Waals surface area contributed by atoms with Gasteiger partial charge in [0.1, 0.15) is 0 Å². The number of rotatable bonds is 10. The molecular weight excluding hydrogens is 1100 g/mol. The lowest BCUT2D eigenvalue weighted by atomic mass is 9.70. The molecule has 0 N–H and O–H groups in total. The SMILES string of the molecule is C(=Cc1ccc(-c2ccc3c(c2)c2ccccc2n3-c2ccccc2)cc1)c1ccc(-c2ccc3c(c2)C2(c4ccccc4-c4ccccc42)c2cc(-c4ccc(C=Cc5ccc(-c6ccc7c(c6)c6ccccc6n7-c6ccccc6)cc5)cc4)ccc2-3)cc1. The van der Waals surface area contributed by atoms with Gasteiger partial charge in [-0.2, -0.15) is 0 Å². The van der Waals surface area contributed by atoms with Gasteiger partial charge in [0.2, 0.25) is 0 Å². The molecule has 424 valence electrons. The molecule has 14 aromatic carbocycles. The van der Waals surface area contributed by atoms with E-state index in [-0.39, 0.29) is 0 Å². The van der Waals surface area contributed by atoms with Crippen LogP contribution < -0.4 is 0 Å². The molecule has 0 saturated carbocycles. The fourth-order valence-electron chi connectivity index (χ4n) is 15.0. The van der Waals surface area contributed by atoms with Crippen LogP contribution in [-0.4, -0.2) is 9.13 Å². The highest BCUT2D eigenvalue weighted by atomic mass is 15.0. The first kappa shape index (κ1) is 52.3. The third-order valence-electron chi connectivity index (χ3n) is 19.4. The van der Waals surface area contributed by atoms with Crippen molar-refractivity contribution in [3.8, 4) is 78.1 Å². The van der Waals surface area contributed by atoms with Crippen LogP contribution in [0.25, 0.3) is 146 Å². The second kappa shape index (κ2) is 21.2. The lowest BCUT2D eigenvalue weighted by Crippen LogP contribution is -2.26. The van der Waals surface area contributed by atoms with E-state index in [4.69, 9.17) is 0 Å². The minimum atomic E-state index is -0.481. The Morgan fingerprint density at radius 2 is 0.484 bits per heavy atom. The monoisotopic (exact) mass is 1150 g/mol. The van der Waals surface area contributed by atoms with E-state index in [0.717, 1.165) is 22.3 Å². The Hall–Kier alpha value is -11.8. The molecule has 0 atom stereocenters. The molecule has 0 bridgehead atoms. The van der Waals surface area contributed by atoms with Crippen LogP contribution in [0.15, 0.2) is 328 Å². The Kier molecular flexibility index (Phi) is 12.2. The van der Waals surface area contributed by atoms with Gasteiger partial charge >= 0.3 is 0 Å². The number of fused-ring (bicyclic) bond motifs is 16. The average molecular weight is 1160 g/mol. The van der Waals surface area contributed by atoms with Gasteiger partial charge in [0.15, 0.2) is 0 Å². The summed E-state index contributed by atoms with van der Waals surface area (Å²) in [5, 5.41) is 5.04.